The van der Waals surface area contributed by atoms with E-state index in [4.69, 9.17) is 11.5 Å². The lowest BCUT2D eigenvalue weighted by Crippen LogP contribution is -2.64. The molecule has 2 aromatic carbocycles. The Morgan fingerprint density at radius 3 is 1.41 bits per heavy atom. The molecule has 0 saturated heterocycles. The number of thioether (sulfide) groups is 1. The van der Waals surface area contributed by atoms with Crippen LogP contribution in [0, 0.1) is 17.8 Å². The molecule has 26 nitrogen and oxygen atoms in total. The number of para-hydroxylation sites is 1. The largest absolute Gasteiger partial charge is 0.394 e. The SMILES string of the molecule is CC[C@H](C)[C@H](NC(=O)[C@H](CC(C)C)NC(=O)[C@@H](NC(=O)[C@@H](NC(=O)[C@H](Cc1ccccc1)NC(=O)[C@@H](N)Cc1c[nH]c2ccccc12)[C@@H](C)O)[C@@H](C)O)C(=O)N[C@@H](CO)C(=O)N[C@H](C(=O)N[C@H](C(=O)N[C@@H](CCSC)C(N)=O)[C@@H](C)CC)[C@@H](C)O. The van der Waals surface area contributed by atoms with E-state index in [1.807, 2.05) is 30.5 Å². The quantitative estimate of drug-likeness (QED) is 0.0304. The lowest BCUT2D eigenvalue weighted by molar-refractivity contribution is -0.139. The molecule has 0 aliphatic rings. The second-order valence-corrected chi connectivity index (χ2v) is 23.0. The molecule has 0 fully saturated rings. The van der Waals surface area contributed by atoms with E-state index >= 15 is 0 Å². The minimum Gasteiger partial charge on any atom is -0.394 e. The van der Waals surface area contributed by atoms with Gasteiger partial charge in [0, 0.05) is 23.5 Å². The van der Waals surface area contributed by atoms with Gasteiger partial charge in [0.1, 0.15) is 54.4 Å². The van der Waals surface area contributed by atoms with E-state index in [2.05, 4.69) is 52.8 Å². The second kappa shape index (κ2) is 35.3. The first-order chi connectivity index (χ1) is 40.1. The highest BCUT2D eigenvalue weighted by Crippen LogP contribution is 2.20. The van der Waals surface area contributed by atoms with Crippen molar-refractivity contribution < 1.29 is 68.4 Å². The molecule has 15 atom stereocenters. The number of primary amides is 1. The number of amides is 10. The summed E-state index contributed by atoms with van der Waals surface area (Å²) >= 11 is 1.43. The summed E-state index contributed by atoms with van der Waals surface area (Å²) in [5.41, 5.74) is 14.1. The lowest BCUT2D eigenvalue weighted by atomic mass is 9.96. The molecule has 0 unspecified atom stereocenters. The molecule has 27 heteroatoms. The maximum absolute atomic E-state index is 14.2. The zero-order chi connectivity index (χ0) is 63.8. The van der Waals surface area contributed by atoms with Crippen LogP contribution in [-0.2, 0) is 60.8 Å². The molecule has 3 aromatic rings. The van der Waals surface area contributed by atoms with Crippen molar-refractivity contribution in [3.05, 3.63) is 71.9 Å². The van der Waals surface area contributed by atoms with Crippen LogP contribution in [0.5, 0.6) is 0 Å². The van der Waals surface area contributed by atoms with Crippen LogP contribution in [0.25, 0.3) is 10.9 Å². The van der Waals surface area contributed by atoms with Crippen LogP contribution >= 0.6 is 11.8 Å². The molecule has 0 saturated carbocycles. The number of aliphatic hydroxyl groups is 4. The highest BCUT2D eigenvalue weighted by molar-refractivity contribution is 7.98. The van der Waals surface area contributed by atoms with Gasteiger partial charge in [-0.15, -0.1) is 0 Å². The monoisotopic (exact) mass is 1210 g/mol. The van der Waals surface area contributed by atoms with Gasteiger partial charge in [0.2, 0.25) is 59.1 Å². The molecule has 85 heavy (non-hydrogen) atoms. The maximum atomic E-state index is 14.2. The Labute approximate surface area is 500 Å². The van der Waals surface area contributed by atoms with Gasteiger partial charge in [-0.3, -0.25) is 47.9 Å². The predicted octanol–water partition coefficient (Wildman–Crippen LogP) is -1.85. The van der Waals surface area contributed by atoms with Gasteiger partial charge in [-0.25, -0.2) is 0 Å². The number of carbonyl (C=O) groups excluding carboxylic acids is 10. The minimum atomic E-state index is -1.80. The Hall–Kier alpha value is -7.17. The molecule has 0 radical (unpaired) electrons. The summed E-state index contributed by atoms with van der Waals surface area (Å²) in [6.45, 7) is 12.7. The van der Waals surface area contributed by atoms with Crippen molar-refractivity contribution in [1.29, 1.82) is 0 Å². The highest BCUT2D eigenvalue weighted by atomic mass is 32.2. The van der Waals surface area contributed by atoms with Gasteiger partial charge in [-0.05, 0) is 87.0 Å². The normalized spacial score (nSPS) is 16.8. The number of H-pyrrole nitrogens is 1. The summed E-state index contributed by atoms with van der Waals surface area (Å²) in [6, 6.07) is 1.47. The molecule has 1 heterocycles. The Kier molecular flexibility index (Phi) is 30.0. The molecule has 472 valence electrons. The molecule has 0 bridgehead atoms. The summed E-state index contributed by atoms with van der Waals surface area (Å²) in [7, 11) is 0. The van der Waals surface area contributed by atoms with Crippen LogP contribution in [0.3, 0.4) is 0 Å². The van der Waals surface area contributed by atoms with Crippen LogP contribution in [0.4, 0.5) is 0 Å². The lowest BCUT2D eigenvalue weighted by Gasteiger charge is -2.31. The van der Waals surface area contributed by atoms with Crippen molar-refractivity contribution in [3.8, 4) is 0 Å². The maximum Gasteiger partial charge on any atom is 0.245 e. The third-order valence-electron chi connectivity index (χ3n) is 14.6. The van der Waals surface area contributed by atoms with Crippen molar-refractivity contribution in [2.24, 2.45) is 29.2 Å². The third kappa shape index (κ3) is 22.3. The Morgan fingerprint density at radius 1 is 0.518 bits per heavy atom. The first-order valence-electron chi connectivity index (χ1n) is 28.6. The zero-order valence-electron chi connectivity index (χ0n) is 50.1. The van der Waals surface area contributed by atoms with Crippen LogP contribution in [0.2, 0.25) is 0 Å². The smallest absolute Gasteiger partial charge is 0.245 e. The third-order valence-corrected chi connectivity index (χ3v) is 15.2. The number of hydrogen-bond acceptors (Lipinski definition) is 16. The molecule has 1 aromatic heterocycles. The van der Waals surface area contributed by atoms with Crippen molar-refractivity contribution in [2.75, 3.05) is 18.6 Å². The van der Waals surface area contributed by atoms with Crippen LogP contribution < -0.4 is 59.3 Å². The van der Waals surface area contributed by atoms with Crippen molar-refractivity contribution >= 4 is 81.7 Å². The van der Waals surface area contributed by atoms with Gasteiger partial charge in [0.25, 0.3) is 0 Å². The van der Waals surface area contributed by atoms with E-state index in [0.29, 0.717) is 17.7 Å². The Balaban J connectivity index is 1.79. The number of fused-ring (bicyclic) bond motifs is 1. The van der Waals surface area contributed by atoms with Crippen LogP contribution in [0.15, 0.2) is 60.8 Å². The van der Waals surface area contributed by atoms with Crippen molar-refractivity contribution in [1.82, 2.24) is 52.8 Å². The number of nitrogens with one attached hydrogen (secondary N) is 10. The minimum absolute atomic E-state index is 0.0486. The van der Waals surface area contributed by atoms with E-state index in [0.717, 1.165) is 16.5 Å². The molecule has 0 aliphatic heterocycles. The number of carbonyl (C=O) groups is 10. The van der Waals surface area contributed by atoms with Gasteiger partial charge >= 0.3 is 0 Å². The molecular weight excluding hydrogens is 1120 g/mol. The molecule has 0 aliphatic carbocycles. The van der Waals surface area contributed by atoms with Crippen LogP contribution in [0.1, 0.15) is 99.1 Å². The summed E-state index contributed by atoms with van der Waals surface area (Å²) < 4.78 is 0. The Morgan fingerprint density at radius 2 is 0.929 bits per heavy atom. The van der Waals surface area contributed by atoms with Crippen LogP contribution in [-0.4, -0.2) is 182 Å². The van der Waals surface area contributed by atoms with Crippen molar-refractivity contribution in [3.63, 3.8) is 0 Å². The number of rotatable bonds is 36. The number of aliphatic hydroxyl groups excluding tert-OH is 4. The predicted molar refractivity (Wildman–Crippen MR) is 320 cm³/mol. The van der Waals surface area contributed by atoms with E-state index in [-0.39, 0.29) is 38.0 Å². The molecule has 18 N–H and O–H groups in total. The number of aromatic amines is 1. The molecule has 3 rings (SSSR count). The van der Waals surface area contributed by atoms with Crippen molar-refractivity contribution in [2.45, 2.75) is 180 Å². The van der Waals surface area contributed by atoms with Gasteiger partial charge in [0.15, 0.2) is 0 Å². The van der Waals surface area contributed by atoms with Gasteiger partial charge in [-0.1, -0.05) is 103 Å². The second-order valence-electron chi connectivity index (χ2n) is 22.0. The molecule has 0 spiro atoms. The number of nitrogens with two attached hydrogens (primary N) is 2. The summed E-state index contributed by atoms with van der Waals surface area (Å²) in [6.07, 6.45) is -0.397. The summed E-state index contributed by atoms with van der Waals surface area (Å²) in [5.74, 6) is -10.3. The van der Waals surface area contributed by atoms with Gasteiger partial charge in [0.05, 0.1) is 31.0 Å². The topological polar surface area (TPSA) is 428 Å². The molecule has 10 amide bonds. The van der Waals surface area contributed by atoms with E-state index in [1.165, 1.54) is 32.5 Å². The first-order valence-corrected chi connectivity index (χ1v) is 30.0. The average molecular weight is 1210 g/mol. The number of benzene rings is 2. The average Bonchev–Trinajstić information content (AvgIpc) is 4.17. The fraction of sp³-hybridized carbons (Fsp3) is 0.586. The van der Waals surface area contributed by atoms with E-state index < -0.39 is 156 Å². The van der Waals surface area contributed by atoms with E-state index in [9.17, 15) is 68.4 Å². The zero-order valence-corrected chi connectivity index (χ0v) is 50.9. The van der Waals surface area contributed by atoms with Gasteiger partial charge < -0.3 is 84.7 Å². The Bertz CT molecular complexity index is 2710. The molecular formula is C58H90N12O14S. The number of hydrogen-bond donors (Lipinski definition) is 16. The standard InChI is InChI=1S/C58H90N12O14S/c1-11-30(5)44(55(81)65-43(28-71)53(79)69-47(33(8)73)57(83)67-45(31(6)12-2)54(80)62-40(49(60)75)22-23-85-10)66-51(77)41(24-29(3)4)64-56(82)46(32(7)72)70-58(84)48(34(9)74)68-52(78)42(25-35-18-14-13-15-19-35)63-50(76)38(59)26-36-27-61-39-21-17-16-20-37(36)39/h13-21,27,29-34,38,40-48,61,71-74H,11-12,22-26,28,59H2,1-10H3,(H2,60,75)(H,62,80)(H,63,76)(H,64,82)(H,65,81)(H,66,77)(H,67,83)(H,68,78)(H,69,79)(H,70,84)/t30-,31-,32+,33+,34+,38-,40-,41-,42-,43-,44-,45-,46-,47-,48-/m0/s1. The summed E-state index contributed by atoms with van der Waals surface area (Å²) in [4.78, 5) is 140. The fourth-order valence-corrected chi connectivity index (χ4v) is 9.51. The highest BCUT2D eigenvalue weighted by Gasteiger charge is 2.39. The van der Waals surface area contributed by atoms with E-state index in [1.54, 1.807) is 78.1 Å². The summed E-state index contributed by atoms with van der Waals surface area (Å²) in [5, 5.41) is 66.2. The van der Waals surface area contributed by atoms with Gasteiger partial charge in [-0.2, -0.15) is 11.8 Å². The fourth-order valence-electron chi connectivity index (χ4n) is 9.04. The number of aromatic nitrogens is 1. The first kappa shape index (κ1) is 72.1.